The molecule has 0 bridgehead atoms. The summed E-state index contributed by atoms with van der Waals surface area (Å²) in [5.41, 5.74) is 0.945. The van der Waals surface area contributed by atoms with Crippen LogP contribution in [0.3, 0.4) is 0 Å². The van der Waals surface area contributed by atoms with E-state index in [4.69, 9.17) is 4.74 Å². The summed E-state index contributed by atoms with van der Waals surface area (Å²) in [6.45, 7) is 3.08. The molecule has 21 heavy (non-hydrogen) atoms. The third-order valence-corrected chi connectivity index (χ3v) is 3.88. The molecular formula is C16H25N3O2. The molecule has 2 rings (SSSR count). The highest BCUT2D eigenvalue weighted by molar-refractivity contribution is 5.76. The molecule has 5 nitrogen and oxygen atoms in total. The van der Waals surface area contributed by atoms with Gasteiger partial charge in [-0.05, 0) is 44.5 Å². The van der Waals surface area contributed by atoms with E-state index in [1.807, 2.05) is 23.1 Å². The van der Waals surface area contributed by atoms with Crippen LogP contribution < -0.4 is 5.32 Å². The molecular weight excluding hydrogens is 266 g/mol. The van der Waals surface area contributed by atoms with E-state index in [1.54, 1.807) is 13.3 Å². The van der Waals surface area contributed by atoms with E-state index in [0.717, 1.165) is 38.0 Å². The molecule has 1 saturated heterocycles. The molecule has 1 amide bonds. The van der Waals surface area contributed by atoms with Crippen molar-refractivity contribution in [1.29, 1.82) is 0 Å². The van der Waals surface area contributed by atoms with E-state index < -0.39 is 0 Å². The molecule has 5 heteroatoms. The Bertz CT molecular complexity index is 417. The van der Waals surface area contributed by atoms with Gasteiger partial charge in [0, 0.05) is 19.3 Å². The topological polar surface area (TPSA) is 54.5 Å². The Balaban J connectivity index is 2.06. The summed E-state index contributed by atoms with van der Waals surface area (Å²) in [7, 11) is 1.63. The fourth-order valence-electron chi connectivity index (χ4n) is 2.73. The van der Waals surface area contributed by atoms with Crippen molar-refractivity contribution in [2.75, 3.05) is 26.8 Å². The molecule has 1 N–H and O–H groups in total. The van der Waals surface area contributed by atoms with Crippen LogP contribution in [0.4, 0.5) is 0 Å². The lowest BCUT2D eigenvalue weighted by molar-refractivity contribution is -0.135. The van der Waals surface area contributed by atoms with Crippen LogP contribution in [-0.4, -0.2) is 48.6 Å². The summed E-state index contributed by atoms with van der Waals surface area (Å²) in [5, 5.41) is 3.40. The standard InChI is InChI=1S/C16H25N3O2/c1-21-12-8-16(20)19(13-14-5-2-3-10-18-14)15-6-4-9-17-11-7-15/h2-3,5,10,15,17H,4,6-9,11-13H2,1H3. The van der Waals surface area contributed by atoms with Crippen LogP contribution in [0.25, 0.3) is 0 Å². The van der Waals surface area contributed by atoms with Gasteiger partial charge in [-0.3, -0.25) is 9.78 Å². The summed E-state index contributed by atoms with van der Waals surface area (Å²) in [6.07, 6.45) is 5.39. The van der Waals surface area contributed by atoms with E-state index in [2.05, 4.69) is 10.3 Å². The Morgan fingerprint density at radius 1 is 1.43 bits per heavy atom. The maximum atomic E-state index is 12.5. The van der Waals surface area contributed by atoms with Gasteiger partial charge in [0.25, 0.3) is 0 Å². The predicted octanol–water partition coefficient (Wildman–Crippen LogP) is 1.59. The zero-order valence-corrected chi connectivity index (χ0v) is 12.8. The zero-order valence-electron chi connectivity index (χ0n) is 12.8. The van der Waals surface area contributed by atoms with Crippen molar-refractivity contribution in [2.24, 2.45) is 0 Å². The summed E-state index contributed by atoms with van der Waals surface area (Å²) in [5.74, 6) is 0.161. The maximum Gasteiger partial charge on any atom is 0.225 e. The van der Waals surface area contributed by atoms with Gasteiger partial charge in [0.1, 0.15) is 0 Å². The Kier molecular flexibility index (Phi) is 6.63. The molecule has 1 aromatic rings. The van der Waals surface area contributed by atoms with Crippen molar-refractivity contribution >= 4 is 5.91 Å². The Morgan fingerprint density at radius 3 is 3.10 bits per heavy atom. The van der Waals surface area contributed by atoms with Crippen LogP contribution >= 0.6 is 0 Å². The number of aromatic nitrogens is 1. The average Bonchev–Trinajstić information content (AvgIpc) is 2.80. The molecule has 0 aliphatic carbocycles. The lowest BCUT2D eigenvalue weighted by Crippen LogP contribution is -2.40. The molecule has 1 aromatic heterocycles. The molecule has 0 spiro atoms. The minimum atomic E-state index is 0.161. The van der Waals surface area contributed by atoms with Gasteiger partial charge < -0.3 is 15.0 Å². The van der Waals surface area contributed by atoms with Crippen LogP contribution in [0.5, 0.6) is 0 Å². The van der Waals surface area contributed by atoms with Crippen LogP contribution in [0.15, 0.2) is 24.4 Å². The van der Waals surface area contributed by atoms with Crippen molar-refractivity contribution in [3.8, 4) is 0 Å². The first kappa shape index (κ1) is 15.9. The van der Waals surface area contributed by atoms with Gasteiger partial charge >= 0.3 is 0 Å². The summed E-state index contributed by atoms with van der Waals surface area (Å²) in [4.78, 5) is 18.9. The van der Waals surface area contributed by atoms with Crippen LogP contribution in [0.2, 0.25) is 0 Å². The van der Waals surface area contributed by atoms with Gasteiger partial charge in [-0.15, -0.1) is 0 Å². The number of hydrogen-bond donors (Lipinski definition) is 1. The molecule has 1 aliphatic heterocycles. The lowest BCUT2D eigenvalue weighted by Gasteiger charge is -2.31. The van der Waals surface area contributed by atoms with E-state index in [1.165, 1.54) is 0 Å². The largest absolute Gasteiger partial charge is 0.384 e. The fraction of sp³-hybridized carbons (Fsp3) is 0.625. The Labute approximate surface area is 126 Å². The van der Waals surface area contributed by atoms with Crippen LogP contribution in [0, 0.1) is 0 Å². The van der Waals surface area contributed by atoms with Gasteiger partial charge in [-0.25, -0.2) is 0 Å². The highest BCUT2D eigenvalue weighted by Crippen LogP contribution is 2.17. The molecule has 0 radical (unpaired) electrons. The van der Waals surface area contributed by atoms with Gasteiger partial charge in [-0.1, -0.05) is 6.07 Å². The highest BCUT2D eigenvalue weighted by Gasteiger charge is 2.24. The number of carbonyl (C=O) groups is 1. The number of nitrogens with zero attached hydrogens (tertiary/aromatic N) is 2. The first-order valence-electron chi connectivity index (χ1n) is 7.70. The number of nitrogens with one attached hydrogen (secondary N) is 1. The van der Waals surface area contributed by atoms with Gasteiger partial charge in [0.15, 0.2) is 0 Å². The number of carbonyl (C=O) groups excluding carboxylic acids is 1. The summed E-state index contributed by atoms with van der Waals surface area (Å²) >= 11 is 0. The number of methoxy groups -OCH3 is 1. The number of ether oxygens (including phenoxy) is 1. The first-order valence-corrected chi connectivity index (χ1v) is 7.70. The smallest absolute Gasteiger partial charge is 0.225 e. The van der Waals surface area contributed by atoms with Crippen molar-refractivity contribution in [3.05, 3.63) is 30.1 Å². The summed E-state index contributed by atoms with van der Waals surface area (Å²) in [6, 6.07) is 6.14. The molecule has 2 heterocycles. The molecule has 0 saturated carbocycles. The molecule has 116 valence electrons. The second-order valence-corrected chi connectivity index (χ2v) is 5.42. The van der Waals surface area contributed by atoms with Gasteiger partial charge in [0.05, 0.1) is 25.3 Å². The molecule has 1 unspecified atom stereocenters. The monoisotopic (exact) mass is 291 g/mol. The minimum Gasteiger partial charge on any atom is -0.384 e. The van der Waals surface area contributed by atoms with E-state index in [0.29, 0.717) is 25.6 Å². The number of amides is 1. The molecule has 1 aliphatic rings. The van der Waals surface area contributed by atoms with E-state index >= 15 is 0 Å². The van der Waals surface area contributed by atoms with Crippen LogP contribution in [0.1, 0.15) is 31.4 Å². The van der Waals surface area contributed by atoms with Crippen molar-refractivity contribution in [2.45, 2.75) is 38.3 Å². The molecule has 1 fully saturated rings. The van der Waals surface area contributed by atoms with E-state index in [9.17, 15) is 4.79 Å². The second kappa shape index (κ2) is 8.74. The highest BCUT2D eigenvalue weighted by atomic mass is 16.5. The lowest BCUT2D eigenvalue weighted by atomic mass is 10.1. The average molecular weight is 291 g/mol. The third-order valence-electron chi connectivity index (χ3n) is 3.88. The number of rotatable bonds is 6. The van der Waals surface area contributed by atoms with Crippen molar-refractivity contribution in [1.82, 2.24) is 15.2 Å². The second-order valence-electron chi connectivity index (χ2n) is 5.42. The van der Waals surface area contributed by atoms with Gasteiger partial charge in [-0.2, -0.15) is 0 Å². The van der Waals surface area contributed by atoms with Crippen molar-refractivity contribution < 1.29 is 9.53 Å². The molecule has 0 aromatic carbocycles. The van der Waals surface area contributed by atoms with E-state index in [-0.39, 0.29) is 5.91 Å². The molecule has 1 atom stereocenters. The maximum absolute atomic E-state index is 12.5. The predicted molar refractivity (Wildman–Crippen MR) is 81.8 cm³/mol. The summed E-state index contributed by atoms with van der Waals surface area (Å²) < 4.78 is 5.05. The number of hydrogen-bond acceptors (Lipinski definition) is 4. The first-order chi connectivity index (χ1) is 10.3. The minimum absolute atomic E-state index is 0.161. The van der Waals surface area contributed by atoms with Crippen LogP contribution in [-0.2, 0) is 16.1 Å². The quantitative estimate of drug-likeness (QED) is 0.865. The zero-order chi connectivity index (χ0) is 14.9. The SMILES string of the molecule is COCCC(=O)N(Cc1ccccn1)C1CCCNCC1. The Hall–Kier alpha value is -1.46. The number of pyridine rings is 1. The Morgan fingerprint density at radius 2 is 2.33 bits per heavy atom. The normalized spacial score (nSPS) is 19.0. The van der Waals surface area contributed by atoms with Crippen molar-refractivity contribution in [3.63, 3.8) is 0 Å². The third kappa shape index (κ3) is 5.10. The van der Waals surface area contributed by atoms with Gasteiger partial charge in [0.2, 0.25) is 5.91 Å². The fourth-order valence-corrected chi connectivity index (χ4v) is 2.73.